The Balaban J connectivity index is 1.66. The normalized spacial score (nSPS) is 29.7. The van der Waals surface area contributed by atoms with E-state index in [1.54, 1.807) is 4.90 Å². The van der Waals surface area contributed by atoms with Crippen LogP contribution in [0.5, 0.6) is 0 Å². The van der Waals surface area contributed by atoms with Crippen LogP contribution in [0.1, 0.15) is 25.5 Å². The van der Waals surface area contributed by atoms with Gasteiger partial charge in [0.05, 0.1) is 10.7 Å². The molecule has 0 spiro atoms. The van der Waals surface area contributed by atoms with Gasteiger partial charge >= 0.3 is 5.97 Å². The molecule has 0 saturated carbocycles. The maximum atomic E-state index is 13.2. The molecule has 0 bridgehead atoms. The number of hydrogen-bond donors (Lipinski definition) is 2. The minimum Gasteiger partial charge on any atom is -0.477 e. The fourth-order valence-electron chi connectivity index (χ4n) is 3.92. The van der Waals surface area contributed by atoms with Crippen molar-refractivity contribution in [3.8, 4) is 0 Å². The van der Waals surface area contributed by atoms with Crippen LogP contribution in [0.25, 0.3) is 0 Å². The molecular formula is C18H18ClN3O4S. The van der Waals surface area contributed by atoms with Crippen LogP contribution < -0.4 is 5.32 Å². The predicted molar refractivity (Wildman–Crippen MR) is 101 cm³/mol. The number of hydrogen-bond acceptors (Lipinski definition) is 5. The first-order chi connectivity index (χ1) is 12.7. The van der Waals surface area contributed by atoms with Gasteiger partial charge in [0.2, 0.25) is 5.91 Å². The number of aliphatic carboxylic acids is 1. The van der Waals surface area contributed by atoms with Gasteiger partial charge in [0, 0.05) is 5.75 Å². The first kappa shape index (κ1) is 18.3. The van der Waals surface area contributed by atoms with Crippen molar-refractivity contribution in [3.05, 3.63) is 46.6 Å². The largest absolute Gasteiger partial charge is 0.477 e. The van der Waals surface area contributed by atoms with Crippen molar-refractivity contribution in [2.75, 3.05) is 5.75 Å². The van der Waals surface area contributed by atoms with Gasteiger partial charge in [-0.05, 0) is 19.4 Å². The van der Waals surface area contributed by atoms with Crippen molar-refractivity contribution < 1.29 is 19.5 Å². The third-order valence-corrected chi connectivity index (χ3v) is 6.83. The third-order valence-electron chi connectivity index (χ3n) is 5.09. The second kappa shape index (κ2) is 6.25. The Morgan fingerprint density at radius 2 is 1.93 bits per heavy atom. The zero-order chi connectivity index (χ0) is 19.5. The van der Waals surface area contributed by atoms with Crippen molar-refractivity contribution >= 4 is 41.1 Å². The molecule has 1 aromatic rings. The SMILES string of the molecule is CC1(C)NC(c2ccccc2)C(=O)N1[C@@H]1C(=O)N2C(C(=O)O)=C(Cl)CS[C@H]12. The summed E-state index contributed by atoms with van der Waals surface area (Å²) in [6.07, 6.45) is 0. The third kappa shape index (κ3) is 2.66. The lowest BCUT2D eigenvalue weighted by molar-refractivity contribution is -0.162. The lowest BCUT2D eigenvalue weighted by atomic mass is 10.00. The zero-order valence-corrected chi connectivity index (χ0v) is 16.3. The summed E-state index contributed by atoms with van der Waals surface area (Å²) in [6.45, 7) is 3.69. The molecule has 27 heavy (non-hydrogen) atoms. The molecule has 4 rings (SSSR count). The first-order valence-corrected chi connectivity index (χ1v) is 9.89. The average molecular weight is 408 g/mol. The number of rotatable bonds is 3. The number of halogens is 1. The Hall–Kier alpha value is -2.03. The summed E-state index contributed by atoms with van der Waals surface area (Å²) in [6, 6.07) is 8.06. The number of carbonyl (C=O) groups excluding carboxylic acids is 2. The highest BCUT2D eigenvalue weighted by Crippen LogP contribution is 2.46. The van der Waals surface area contributed by atoms with Gasteiger partial charge in [-0.15, -0.1) is 11.8 Å². The van der Waals surface area contributed by atoms with Gasteiger partial charge in [-0.2, -0.15) is 0 Å². The summed E-state index contributed by atoms with van der Waals surface area (Å²) in [7, 11) is 0. The molecule has 0 aromatic heterocycles. The summed E-state index contributed by atoms with van der Waals surface area (Å²) in [5.41, 5.74) is -0.107. The van der Waals surface area contributed by atoms with Gasteiger partial charge < -0.3 is 10.0 Å². The van der Waals surface area contributed by atoms with Crippen LogP contribution in [0.3, 0.4) is 0 Å². The highest BCUT2D eigenvalue weighted by Gasteiger charge is 2.62. The second-order valence-corrected chi connectivity index (χ2v) is 8.73. The van der Waals surface area contributed by atoms with E-state index in [2.05, 4.69) is 5.32 Å². The Morgan fingerprint density at radius 3 is 2.56 bits per heavy atom. The van der Waals surface area contributed by atoms with Crippen molar-refractivity contribution in [1.82, 2.24) is 15.1 Å². The smallest absolute Gasteiger partial charge is 0.353 e. The molecule has 2 saturated heterocycles. The molecule has 7 nitrogen and oxygen atoms in total. The Morgan fingerprint density at radius 1 is 1.26 bits per heavy atom. The Kier molecular flexibility index (Phi) is 4.25. The van der Waals surface area contributed by atoms with Crippen LogP contribution in [-0.4, -0.2) is 55.5 Å². The molecule has 3 aliphatic rings. The molecule has 142 valence electrons. The summed E-state index contributed by atoms with van der Waals surface area (Å²) in [5.74, 6) is -1.54. The summed E-state index contributed by atoms with van der Waals surface area (Å²) in [5, 5.41) is 12.4. The fourth-order valence-corrected chi connectivity index (χ4v) is 5.52. The first-order valence-electron chi connectivity index (χ1n) is 8.46. The number of carbonyl (C=O) groups is 3. The number of β-lactam (4-membered cyclic amide) rings is 1. The number of fused-ring (bicyclic) bond motifs is 1. The molecule has 0 aliphatic carbocycles. The predicted octanol–water partition coefficient (Wildman–Crippen LogP) is 1.71. The van der Waals surface area contributed by atoms with Crippen LogP contribution in [-0.2, 0) is 14.4 Å². The van der Waals surface area contributed by atoms with Gasteiger partial charge in [-0.1, -0.05) is 41.9 Å². The molecule has 3 aliphatic heterocycles. The van der Waals surface area contributed by atoms with Gasteiger partial charge in [0.25, 0.3) is 5.91 Å². The van der Waals surface area contributed by atoms with Crippen LogP contribution in [0.4, 0.5) is 0 Å². The van der Waals surface area contributed by atoms with E-state index in [-0.39, 0.29) is 16.6 Å². The van der Waals surface area contributed by atoms with E-state index in [4.69, 9.17) is 11.6 Å². The van der Waals surface area contributed by atoms with E-state index in [1.165, 1.54) is 16.7 Å². The van der Waals surface area contributed by atoms with Crippen molar-refractivity contribution in [2.45, 2.75) is 37.0 Å². The molecule has 2 N–H and O–H groups in total. The van der Waals surface area contributed by atoms with Crippen LogP contribution >= 0.6 is 23.4 Å². The van der Waals surface area contributed by atoms with Crippen molar-refractivity contribution in [2.24, 2.45) is 0 Å². The fraction of sp³-hybridized carbons (Fsp3) is 0.389. The maximum Gasteiger partial charge on any atom is 0.353 e. The van der Waals surface area contributed by atoms with Gasteiger partial charge in [0.15, 0.2) is 0 Å². The number of carboxylic acids is 1. The lowest BCUT2D eigenvalue weighted by Gasteiger charge is -2.54. The molecule has 2 amide bonds. The molecule has 3 atom stereocenters. The number of carboxylic acid groups (broad SMARTS) is 1. The summed E-state index contributed by atoms with van der Waals surface area (Å²) in [4.78, 5) is 40.3. The van der Waals surface area contributed by atoms with Gasteiger partial charge in [0.1, 0.15) is 23.2 Å². The van der Waals surface area contributed by atoms with Gasteiger partial charge in [-0.3, -0.25) is 19.8 Å². The van der Waals surface area contributed by atoms with E-state index in [0.717, 1.165) is 5.56 Å². The van der Waals surface area contributed by atoms with Crippen LogP contribution in [0, 0.1) is 0 Å². The van der Waals surface area contributed by atoms with E-state index >= 15 is 0 Å². The van der Waals surface area contributed by atoms with Crippen molar-refractivity contribution in [1.29, 1.82) is 0 Å². The molecule has 0 radical (unpaired) electrons. The highest BCUT2D eigenvalue weighted by atomic mass is 35.5. The molecule has 3 heterocycles. The van der Waals surface area contributed by atoms with E-state index < -0.39 is 35.0 Å². The molecule has 1 aromatic carbocycles. The minimum absolute atomic E-state index is 0.142. The van der Waals surface area contributed by atoms with Crippen molar-refractivity contribution in [3.63, 3.8) is 0 Å². The number of nitrogens with one attached hydrogen (secondary N) is 1. The van der Waals surface area contributed by atoms with Crippen LogP contribution in [0.2, 0.25) is 0 Å². The topological polar surface area (TPSA) is 90.0 Å². The molecule has 2 fully saturated rings. The maximum absolute atomic E-state index is 13.2. The van der Waals surface area contributed by atoms with E-state index in [0.29, 0.717) is 5.75 Å². The number of amides is 2. The quantitative estimate of drug-likeness (QED) is 0.741. The van der Waals surface area contributed by atoms with Crippen LogP contribution in [0.15, 0.2) is 41.1 Å². The monoisotopic (exact) mass is 407 g/mol. The lowest BCUT2D eigenvalue weighted by Crippen LogP contribution is -2.73. The van der Waals surface area contributed by atoms with Gasteiger partial charge in [-0.25, -0.2) is 4.79 Å². The Labute approximate surface area is 165 Å². The standard InChI is InChI=1S/C18H18ClN3O4S/c1-18(2)20-11(9-6-4-3-5-7-9)14(23)22(18)13-15(24)21-12(17(25)26)10(19)8-27-16(13)21/h3-7,11,13,16,20H,8H2,1-2H3,(H,25,26)/t11?,13-,16-/m1/s1. The minimum atomic E-state index is -1.23. The number of thioether (sulfide) groups is 1. The van der Waals surface area contributed by atoms with E-state index in [1.807, 2.05) is 44.2 Å². The average Bonchev–Trinajstić information content (AvgIpc) is 2.86. The summed E-state index contributed by atoms with van der Waals surface area (Å²) >= 11 is 7.39. The molecule has 9 heteroatoms. The second-order valence-electron chi connectivity index (χ2n) is 7.17. The highest BCUT2D eigenvalue weighted by molar-refractivity contribution is 8.00. The molecular weight excluding hydrogens is 390 g/mol. The molecule has 1 unspecified atom stereocenters. The summed E-state index contributed by atoms with van der Waals surface area (Å²) < 4.78 is 0. The Bertz CT molecular complexity index is 873. The number of benzene rings is 1. The number of nitrogens with zero attached hydrogens (tertiary/aromatic N) is 2. The van der Waals surface area contributed by atoms with E-state index in [9.17, 15) is 19.5 Å². The zero-order valence-electron chi connectivity index (χ0n) is 14.7.